The molecule has 0 saturated heterocycles. The molecule has 0 aliphatic heterocycles. The lowest BCUT2D eigenvalue weighted by atomic mass is 9.89. The monoisotopic (exact) mass is 267 g/mol. The zero-order valence-electron chi connectivity index (χ0n) is 12.5. The Labute approximate surface area is 116 Å². The first-order valence-corrected chi connectivity index (χ1v) is 6.90. The van der Waals surface area contributed by atoms with Crippen LogP contribution in [0.4, 0.5) is 4.39 Å². The van der Waals surface area contributed by atoms with Gasteiger partial charge in [-0.05, 0) is 36.8 Å². The molecule has 1 rings (SSSR count). The lowest BCUT2D eigenvalue weighted by Crippen LogP contribution is -2.37. The van der Waals surface area contributed by atoms with Crippen molar-refractivity contribution in [3.8, 4) is 0 Å². The number of halogens is 1. The third-order valence-corrected chi connectivity index (χ3v) is 3.40. The highest BCUT2D eigenvalue weighted by atomic mass is 19.1. The fraction of sp³-hybridized carbons (Fsp3) is 0.625. The van der Waals surface area contributed by atoms with Gasteiger partial charge in [0.15, 0.2) is 0 Å². The van der Waals surface area contributed by atoms with Crippen molar-refractivity contribution in [2.45, 2.75) is 39.7 Å². The summed E-state index contributed by atoms with van der Waals surface area (Å²) in [4.78, 5) is 0. The Morgan fingerprint density at radius 1 is 1.32 bits per heavy atom. The zero-order valence-corrected chi connectivity index (χ0v) is 12.5. The van der Waals surface area contributed by atoms with E-state index in [-0.39, 0.29) is 17.3 Å². The van der Waals surface area contributed by atoms with Gasteiger partial charge < -0.3 is 10.1 Å². The number of ether oxygens (including phenoxy) is 1. The molecule has 1 aromatic carbocycles. The number of nitrogens with one attached hydrogen (secondary N) is 1. The summed E-state index contributed by atoms with van der Waals surface area (Å²) in [5, 5.41) is 3.49. The van der Waals surface area contributed by atoms with E-state index in [1.807, 2.05) is 12.1 Å². The van der Waals surface area contributed by atoms with Crippen LogP contribution in [0.15, 0.2) is 24.3 Å². The molecule has 0 aliphatic carbocycles. The summed E-state index contributed by atoms with van der Waals surface area (Å²) in [5.74, 6) is -0.116. The fourth-order valence-electron chi connectivity index (χ4n) is 1.98. The third kappa shape index (κ3) is 6.17. The van der Waals surface area contributed by atoms with Gasteiger partial charge in [-0.25, -0.2) is 4.39 Å². The van der Waals surface area contributed by atoms with Crippen molar-refractivity contribution in [2.24, 2.45) is 5.41 Å². The van der Waals surface area contributed by atoms with Gasteiger partial charge >= 0.3 is 0 Å². The van der Waals surface area contributed by atoms with Crippen LogP contribution in [0.25, 0.3) is 0 Å². The van der Waals surface area contributed by atoms with Crippen LogP contribution in [0.2, 0.25) is 0 Å². The molecule has 0 saturated carbocycles. The van der Waals surface area contributed by atoms with E-state index >= 15 is 0 Å². The van der Waals surface area contributed by atoms with Crippen LogP contribution < -0.4 is 5.32 Å². The summed E-state index contributed by atoms with van der Waals surface area (Å²) in [5.41, 5.74) is 0.969. The second-order valence-electron chi connectivity index (χ2n) is 5.98. The van der Waals surface area contributed by atoms with Crippen molar-refractivity contribution in [3.05, 3.63) is 35.6 Å². The van der Waals surface area contributed by atoms with Crippen molar-refractivity contribution in [1.82, 2.24) is 5.32 Å². The highest BCUT2D eigenvalue weighted by Crippen LogP contribution is 2.19. The van der Waals surface area contributed by atoms with Gasteiger partial charge in [0.1, 0.15) is 5.82 Å². The molecule has 0 aromatic heterocycles. The van der Waals surface area contributed by atoms with E-state index < -0.39 is 0 Å². The minimum absolute atomic E-state index is 0.116. The Balaban J connectivity index is 2.39. The topological polar surface area (TPSA) is 21.3 Å². The Morgan fingerprint density at radius 3 is 2.63 bits per heavy atom. The molecule has 108 valence electrons. The van der Waals surface area contributed by atoms with E-state index in [1.54, 1.807) is 13.2 Å². The van der Waals surface area contributed by atoms with Crippen molar-refractivity contribution in [2.75, 3.05) is 20.3 Å². The predicted molar refractivity (Wildman–Crippen MR) is 77.8 cm³/mol. The summed E-state index contributed by atoms with van der Waals surface area (Å²) in [7, 11) is 1.73. The van der Waals surface area contributed by atoms with Crippen LogP contribution in [0.5, 0.6) is 0 Å². The maximum absolute atomic E-state index is 13.5. The minimum atomic E-state index is -0.116. The lowest BCUT2D eigenvalue weighted by molar-refractivity contribution is 0.149. The molecule has 1 unspecified atom stereocenters. The Kier molecular flexibility index (Phi) is 6.46. The Hall–Kier alpha value is -0.930. The van der Waals surface area contributed by atoms with Gasteiger partial charge in [0, 0.05) is 26.3 Å². The van der Waals surface area contributed by atoms with Crippen molar-refractivity contribution < 1.29 is 9.13 Å². The Morgan fingerprint density at radius 2 is 2.00 bits per heavy atom. The number of hydrogen-bond acceptors (Lipinski definition) is 2. The molecule has 0 bridgehead atoms. The second-order valence-corrected chi connectivity index (χ2v) is 5.98. The molecule has 1 N–H and O–H groups in total. The van der Waals surface area contributed by atoms with E-state index in [0.29, 0.717) is 6.42 Å². The van der Waals surface area contributed by atoms with Crippen molar-refractivity contribution >= 4 is 0 Å². The van der Waals surface area contributed by atoms with E-state index in [9.17, 15) is 4.39 Å². The van der Waals surface area contributed by atoms with Crippen LogP contribution in [-0.4, -0.2) is 26.3 Å². The molecule has 0 radical (unpaired) electrons. The van der Waals surface area contributed by atoms with E-state index in [4.69, 9.17) is 4.74 Å². The molecule has 3 heteroatoms. The van der Waals surface area contributed by atoms with E-state index in [0.717, 1.165) is 25.1 Å². The molecule has 0 amide bonds. The maximum Gasteiger partial charge on any atom is 0.126 e. The first kappa shape index (κ1) is 16.1. The summed E-state index contributed by atoms with van der Waals surface area (Å²) >= 11 is 0. The quantitative estimate of drug-likeness (QED) is 0.779. The summed E-state index contributed by atoms with van der Waals surface area (Å²) in [6, 6.07) is 7.24. The van der Waals surface area contributed by atoms with E-state index in [2.05, 4.69) is 26.1 Å². The van der Waals surface area contributed by atoms with Crippen LogP contribution in [0, 0.1) is 11.2 Å². The molecule has 19 heavy (non-hydrogen) atoms. The highest BCUT2D eigenvalue weighted by Gasteiger charge is 2.18. The molecule has 0 heterocycles. The lowest BCUT2D eigenvalue weighted by Gasteiger charge is -2.27. The van der Waals surface area contributed by atoms with Crippen molar-refractivity contribution in [3.63, 3.8) is 0 Å². The average Bonchev–Trinajstić information content (AvgIpc) is 2.37. The molecule has 1 aromatic rings. The summed E-state index contributed by atoms with van der Waals surface area (Å²) in [6.07, 6.45) is 1.73. The van der Waals surface area contributed by atoms with Crippen LogP contribution in [-0.2, 0) is 11.2 Å². The van der Waals surface area contributed by atoms with Crippen LogP contribution in [0.3, 0.4) is 0 Å². The number of rotatable bonds is 8. The van der Waals surface area contributed by atoms with Gasteiger partial charge in [0.05, 0.1) is 0 Å². The Bertz CT molecular complexity index is 379. The molecule has 1 atom stereocenters. The van der Waals surface area contributed by atoms with Gasteiger partial charge in [-0.2, -0.15) is 0 Å². The normalized spacial score (nSPS) is 13.5. The zero-order chi connectivity index (χ0) is 14.3. The van der Waals surface area contributed by atoms with Crippen LogP contribution in [0.1, 0.15) is 32.8 Å². The number of methoxy groups -OCH3 is 1. The maximum atomic E-state index is 13.5. The van der Waals surface area contributed by atoms with Gasteiger partial charge in [-0.15, -0.1) is 0 Å². The minimum Gasteiger partial charge on any atom is -0.385 e. The molecule has 0 aliphatic rings. The first-order valence-electron chi connectivity index (χ1n) is 6.90. The first-order chi connectivity index (χ1) is 8.94. The fourth-order valence-corrected chi connectivity index (χ4v) is 1.98. The van der Waals surface area contributed by atoms with Crippen LogP contribution >= 0.6 is 0 Å². The predicted octanol–water partition coefficient (Wildman–Crippen LogP) is 3.41. The second kappa shape index (κ2) is 7.61. The third-order valence-electron chi connectivity index (χ3n) is 3.40. The standard InChI is InChI=1S/C16H26FNO/c1-13(11-14-7-5-6-8-15(14)17)18-12-16(2,3)9-10-19-4/h5-8,13,18H,9-12H2,1-4H3. The summed E-state index contributed by atoms with van der Waals surface area (Å²) < 4.78 is 18.7. The average molecular weight is 267 g/mol. The SMILES string of the molecule is COCCC(C)(C)CNC(C)Cc1ccccc1F. The molecular formula is C16H26FNO. The number of benzene rings is 1. The molecule has 0 fully saturated rings. The van der Waals surface area contributed by atoms with Crippen molar-refractivity contribution in [1.29, 1.82) is 0 Å². The largest absolute Gasteiger partial charge is 0.385 e. The van der Waals surface area contributed by atoms with Gasteiger partial charge in [-0.3, -0.25) is 0 Å². The van der Waals surface area contributed by atoms with Gasteiger partial charge in [-0.1, -0.05) is 32.0 Å². The molecule has 0 spiro atoms. The highest BCUT2D eigenvalue weighted by molar-refractivity contribution is 5.18. The van der Waals surface area contributed by atoms with Gasteiger partial charge in [0.2, 0.25) is 0 Å². The smallest absolute Gasteiger partial charge is 0.126 e. The molecular weight excluding hydrogens is 241 g/mol. The van der Waals surface area contributed by atoms with E-state index in [1.165, 1.54) is 6.07 Å². The summed E-state index contributed by atoms with van der Waals surface area (Å²) in [6.45, 7) is 8.21. The number of hydrogen-bond donors (Lipinski definition) is 1. The molecule has 2 nitrogen and oxygen atoms in total. The van der Waals surface area contributed by atoms with Gasteiger partial charge in [0.25, 0.3) is 0 Å².